The summed E-state index contributed by atoms with van der Waals surface area (Å²) < 4.78 is 0. The number of carbonyl (C=O) groups excluding carboxylic acids is 1. The van der Waals surface area contributed by atoms with Crippen molar-refractivity contribution in [3.8, 4) is 0 Å². The van der Waals surface area contributed by atoms with E-state index in [4.69, 9.17) is 0 Å². The van der Waals surface area contributed by atoms with E-state index in [-0.39, 0.29) is 18.2 Å². The molecule has 1 N–H and O–H groups in total. The molecule has 0 aliphatic heterocycles. The lowest BCUT2D eigenvalue weighted by Crippen LogP contribution is -1.90. The van der Waals surface area contributed by atoms with Gasteiger partial charge in [-0.2, -0.15) is 0 Å². The molecule has 0 radical (unpaired) electrons. The zero-order valence-corrected chi connectivity index (χ0v) is 11.1. The van der Waals surface area contributed by atoms with Crippen LogP contribution in [0.1, 0.15) is 22.3 Å². The Morgan fingerprint density at radius 1 is 1.35 bits per heavy atom. The van der Waals surface area contributed by atoms with Gasteiger partial charge in [0.05, 0.1) is 10.6 Å². The van der Waals surface area contributed by atoms with Crippen LogP contribution in [0.5, 0.6) is 0 Å². The third kappa shape index (κ3) is 3.25. The van der Waals surface area contributed by atoms with Crippen molar-refractivity contribution in [1.82, 2.24) is 9.97 Å². The lowest BCUT2D eigenvalue weighted by Gasteiger charge is -1.99. The molecule has 0 saturated carbocycles. The van der Waals surface area contributed by atoms with Gasteiger partial charge in [-0.15, -0.1) is 12.4 Å². The molecule has 0 unspecified atom stereocenters. The topological polar surface area (TPSA) is 54.9 Å². The number of halogens is 1. The summed E-state index contributed by atoms with van der Waals surface area (Å²) in [5.74, 6) is 0.0535. The molecule has 4 nitrogen and oxygen atoms in total. The summed E-state index contributed by atoms with van der Waals surface area (Å²) in [5, 5.41) is 3.87. The Labute approximate surface area is 110 Å². The zero-order valence-electron chi connectivity index (χ0n) is 9.43. The third-order valence-corrected chi connectivity index (χ3v) is 3.22. The minimum Gasteiger partial charge on any atom is -0.331 e. The molecule has 2 aromatic rings. The summed E-state index contributed by atoms with van der Waals surface area (Å²) in [4.78, 5) is 20.2. The Hall–Kier alpha value is -1.46. The second-order valence-corrected chi connectivity index (χ2v) is 4.35. The maximum Gasteiger partial charge on any atom is 0.188 e. The molecule has 0 aromatic carbocycles. The first-order valence-electron chi connectivity index (χ1n) is 4.82. The van der Waals surface area contributed by atoms with E-state index in [0.717, 1.165) is 16.5 Å². The first-order chi connectivity index (χ1) is 7.66. The third-order valence-electron chi connectivity index (χ3n) is 2.05. The van der Waals surface area contributed by atoms with Crippen LogP contribution in [-0.2, 0) is 0 Å². The van der Waals surface area contributed by atoms with Gasteiger partial charge in [-0.3, -0.25) is 9.78 Å². The van der Waals surface area contributed by atoms with Gasteiger partial charge < -0.3 is 5.32 Å². The first kappa shape index (κ1) is 13.6. The van der Waals surface area contributed by atoms with E-state index >= 15 is 0 Å². The van der Waals surface area contributed by atoms with E-state index in [1.165, 1.54) is 11.3 Å². The fraction of sp³-hybridized carbons (Fsp3) is 0.182. The molecule has 0 amide bonds. The monoisotopic (exact) mass is 269 g/mol. The Kier molecular flexibility index (Phi) is 4.60. The molecular weight excluding hydrogens is 258 g/mol. The van der Waals surface area contributed by atoms with Crippen LogP contribution in [0.3, 0.4) is 0 Å². The van der Waals surface area contributed by atoms with Crippen molar-refractivity contribution in [1.29, 1.82) is 0 Å². The number of hydrogen-bond donors (Lipinski definition) is 1. The largest absolute Gasteiger partial charge is 0.331 e. The maximum absolute atomic E-state index is 11.3. The molecular formula is C11H12ClN3OS. The number of Topliss-reactive ketones (excluding diaryl/α,β-unsaturated/α-hetero) is 1. The quantitative estimate of drug-likeness (QED) is 0.870. The van der Waals surface area contributed by atoms with Crippen molar-refractivity contribution in [2.24, 2.45) is 0 Å². The minimum absolute atomic E-state index is 0. The van der Waals surface area contributed by atoms with E-state index in [9.17, 15) is 4.79 Å². The van der Waals surface area contributed by atoms with Gasteiger partial charge in [-0.25, -0.2) is 4.98 Å². The number of aryl methyl sites for hydroxylation is 1. The summed E-state index contributed by atoms with van der Waals surface area (Å²) in [6.45, 7) is 3.39. The fourth-order valence-corrected chi connectivity index (χ4v) is 2.22. The normalized spacial score (nSPS) is 9.53. The van der Waals surface area contributed by atoms with E-state index in [2.05, 4.69) is 15.3 Å². The van der Waals surface area contributed by atoms with Gasteiger partial charge in [-0.1, -0.05) is 11.3 Å². The van der Waals surface area contributed by atoms with Crippen molar-refractivity contribution in [2.75, 3.05) is 5.32 Å². The smallest absolute Gasteiger partial charge is 0.188 e. The average molecular weight is 270 g/mol. The fourth-order valence-electron chi connectivity index (χ4n) is 1.34. The highest BCUT2D eigenvalue weighted by molar-refractivity contribution is 7.17. The van der Waals surface area contributed by atoms with Crippen LogP contribution >= 0.6 is 23.7 Å². The molecule has 90 valence electrons. The summed E-state index contributed by atoms with van der Waals surface area (Å²) in [6, 6.07) is 3.70. The van der Waals surface area contributed by atoms with E-state index in [0.29, 0.717) is 4.88 Å². The molecule has 6 heteroatoms. The van der Waals surface area contributed by atoms with E-state index in [1.807, 2.05) is 19.1 Å². The molecule has 2 rings (SSSR count). The minimum atomic E-state index is 0. The van der Waals surface area contributed by atoms with Crippen LogP contribution in [0.2, 0.25) is 0 Å². The molecule has 2 heterocycles. The number of ketones is 1. The lowest BCUT2D eigenvalue weighted by molar-refractivity contribution is 0.102. The Morgan fingerprint density at radius 2 is 2.00 bits per heavy atom. The number of anilines is 2. The van der Waals surface area contributed by atoms with Gasteiger partial charge in [0.25, 0.3) is 0 Å². The molecule has 2 aromatic heterocycles. The number of carbonyl (C=O) groups is 1. The first-order valence-corrected chi connectivity index (χ1v) is 5.64. The summed E-state index contributed by atoms with van der Waals surface area (Å²) >= 11 is 1.37. The Morgan fingerprint density at radius 3 is 2.53 bits per heavy atom. The van der Waals surface area contributed by atoms with Crippen LogP contribution in [0.4, 0.5) is 10.8 Å². The summed E-state index contributed by atoms with van der Waals surface area (Å²) in [6.07, 6.45) is 3.41. The van der Waals surface area contributed by atoms with Crippen LogP contribution in [0.15, 0.2) is 24.5 Å². The molecule has 0 bridgehead atoms. The number of nitrogens with one attached hydrogen (secondary N) is 1. The molecule has 0 saturated heterocycles. The molecule has 17 heavy (non-hydrogen) atoms. The molecule has 0 atom stereocenters. The Balaban J connectivity index is 0.00000144. The van der Waals surface area contributed by atoms with E-state index < -0.39 is 0 Å². The number of nitrogens with zero attached hydrogens (tertiary/aromatic N) is 2. The highest BCUT2D eigenvalue weighted by Crippen LogP contribution is 2.25. The van der Waals surface area contributed by atoms with Crippen molar-refractivity contribution >= 4 is 40.3 Å². The average Bonchev–Trinajstić information content (AvgIpc) is 2.61. The van der Waals surface area contributed by atoms with Gasteiger partial charge in [-0.05, 0) is 19.1 Å². The van der Waals surface area contributed by atoms with Crippen molar-refractivity contribution in [3.63, 3.8) is 0 Å². The van der Waals surface area contributed by atoms with Crippen molar-refractivity contribution in [2.45, 2.75) is 13.8 Å². The summed E-state index contributed by atoms with van der Waals surface area (Å²) in [5.41, 5.74) is 1.69. The van der Waals surface area contributed by atoms with Gasteiger partial charge in [0.15, 0.2) is 10.9 Å². The molecule has 0 fully saturated rings. The second kappa shape index (κ2) is 5.75. The van der Waals surface area contributed by atoms with Gasteiger partial charge in [0.1, 0.15) is 0 Å². The van der Waals surface area contributed by atoms with Crippen LogP contribution in [-0.4, -0.2) is 15.8 Å². The Bertz CT molecular complexity index is 513. The number of hydrogen-bond acceptors (Lipinski definition) is 5. The van der Waals surface area contributed by atoms with Gasteiger partial charge >= 0.3 is 0 Å². The predicted molar refractivity (Wildman–Crippen MR) is 71.6 cm³/mol. The second-order valence-electron chi connectivity index (χ2n) is 3.35. The number of aromatic nitrogens is 2. The van der Waals surface area contributed by atoms with Crippen molar-refractivity contribution in [3.05, 3.63) is 35.1 Å². The summed E-state index contributed by atoms with van der Waals surface area (Å²) in [7, 11) is 0. The predicted octanol–water partition coefficient (Wildman–Crippen LogP) is 3.21. The van der Waals surface area contributed by atoms with E-state index in [1.54, 1.807) is 19.3 Å². The van der Waals surface area contributed by atoms with Crippen LogP contribution in [0.25, 0.3) is 0 Å². The zero-order chi connectivity index (χ0) is 11.5. The SMILES string of the molecule is CC(=O)c1sc(Nc2ccncc2)nc1C.Cl. The highest BCUT2D eigenvalue weighted by Gasteiger charge is 2.11. The number of rotatable bonds is 3. The number of pyridine rings is 1. The van der Waals surface area contributed by atoms with Gasteiger partial charge in [0, 0.05) is 25.0 Å². The highest BCUT2D eigenvalue weighted by atomic mass is 35.5. The maximum atomic E-state index is 11.3. The standard InChI is InChI=1S/C11H11N3OS.ClH/c1-7-10(8(2)15)16-11(13-7)14-9-3-5-12-6-4-9;/h3-6H,1-2H3,(H,12,13,14);1H. The van der Waals surface area contributed by atoms with Gasteiger partial charge in [0.2, 0.25) is 0 Å². The molecule has 0 aliphatic carbocycles. The lowest BCUT2D eigenvalue weighted by atomic mass is 10.3. The molecule has 0 spiro atoms. The van der Waals surface area contributed by atoms with Crippen molar-refractivity contribution < 1.29 is 4.79 Å². The molecule has 0 aliphatic rings. The number of thiazole rings is 1. The van der Waals surface area contributed by atoms with Crippen LogP contribution < -0.4 is 5.32 Å². The van der Waals surface area contributed by atoms with Crippen LogP contribution in [0, 0.1) is 6.92 Å².